The fourth-order valence-electron chi connectivity index (χ4n) is 3.01. The number of aromatic nitrogens is 3. The maximum atomic E-state index is 12.3. The van der Waals surface area contributed by atoms with Crippen LogP contribution in [0.2, 0.25) is 5.15 Å². The van der Waals surface area contributed by atoms with Crippen LogP contribution in [0.15, 0.2) is 54.9 Å². The fraction of sp³-hybridized carbons (Fsp3) is 0.273. The van der Waals surface area contributed by atoms with Crippen molar-refractivity contribution in [2.24, 2.45) is 0 Å². The maximum absolute atomic E-state index is 12.3. The molecule has 0 bridgehead atoms. The van der Waals surface area contributed by atoms with Crippen molar-refractivity contribution < 1.29 is 19.0 Å². The summed E-state index contributed by atoms with van der Waals surface area (Å²) in [6.07, 6.45) is 3.38. The van der Waals surface area contributed by atoms with Crippen molar-refractivity contribution in [3.8, 4) is 11.6 Å². The Morgan fingerprint density at radius 2 is 1.91 bits per heavy atom. The van der Waals surface area contributed by atoms with E-state index in [2.05, 4.69) is 20.3 Å². The highest BCUT2D eigenvalue weighted by molar-refractivity contribution is 6.31. The van der Waals surface area contributed by atoms with Crippen LogP contribution in [0.5, 0.6) is 11.6 Å². The second-order valence-electron chi connectivity index (χ2n) is 6.90. The van der Waals surface area contributed by atoms with E-state index >= 15 is 0 Å². The first-order chi connectivity index (χ1) is 15.7. The van der Waals surface area contributed by atoms with E-state index in [1.54, 1.807) is 24.5 Å². The number of morpholine rings is 1. The highest BCUT2D eigenvalue weighted by atomic mass is 35.5. The molecule has 3 heterocycles. The Hall–Kier alpha value is -3.43. The normalized spacial score (nSPS) is 13.5. The third-order valence-corrected chi connectivity index (χ3v) is 4.83. The number of hydrogen-bond acceptors (Lipinski definition) is 8. The molecule has 0 saturated carbocycles. The van der Waals surface area contributed by atoms with Crippen LogP contribution in [0.25, 0.3) is 0 Å². The lowest BCUT2D eigenvalue weighted by Gasteiger charge is -2.27. The standard InChI is InChI=1S/C22H22ClN5O4/c23-20-19(31-15-18(29)25-17-6-2-1-3-7-17)21(32-14-16-5-4-8-24-13-16)27-22(26-20)28-9-11-30-12-10-28/h1-8,13H,9-12,14-15H2,(H,25,29). The Morgan fingerprint density at radius 3 is 2.66 bits per heavy atom. The van der Waals surface area contributed by atoms with Gasteiger partial charge < -0.3 is 24.4 Å². The molecule has 166 valence electrons. The number of rotatable bonds is 8. The molecule has 0 atom stereocenters. The summed E-state index contributed by atoms with van der Waals surface area (Å²) in [4.78, 5) is 27.2. The molecule has 1 aliphatic rings. The first kappa shape index (κ1) is 21.8. The molecule has 3 aromatic rings. The third kappa shape index (κ3) is 5.83. The number of ether oxygens (including phenoxy) is 3. The highest BCUT2D eigenvalue weighted by Gasteiger charge is 2.22. The maximum Gasteiger partial charge on any atom is 0.264 e. The Kier molecular flexibility index (Phi) is 7.31. The number of pyridine rings is 1. The number of nitrogens with zero attached hydrogens (tertiary/aromatic N) is 4. The Bertz CT molecular complexity index is 1030. The summed E-state index contributed by atoms with van der Waals surface area (Å²) in [7, 11) is 0. The first-order valence-electron chi connectivity index (χ1n) is 10.1. The van der Waals surface area contributed by atoms with Gasteiger partial charge in [0.15, 0.2) is 11.8 Å². The molecule has 32 heavy (non-hydrogen) atoms. The summed E-state index contributed by atoms with van der Waals surface area (Å²) in [5.41, 5.74) is 1.52. The van der Waals surface area contributed by atoms with E-state index in [1.165, 1.54) is 0 Å². The largest absolute Gasteiger partial charge is 0.476 e. The third-order valence-electron chi connectivity index (χ3n) is 4.58. The predicted molar refractivity (Wildman–Crippen MR) is 119 cm³/mol. The predicted octanol–water partition coefficient (Wildman–Crippen LogP) is 2.96. The topological polar surface area (TPSA) is 98.7 Å². The summed E-state index contributed by atoms with van der Waals surface area (Å²) < 4.78 is 17.0. The van der Waals surface area contributed by atoms with Crippen LogP contribution in [-0.4, -0.2) is 53.8 Å². The van der Waals surface area contributed by atoms with Crippen molar-refractivity contribution in [3.63, 3.8) is 0 Å². The molecule has 1 aromatic carbocycles. The van der Waals surface area contributed by atoms with E-state index in [0.29, 0.717) is 37.9 Å². The summed E-state index contributed by atoms with van der Waals surface area (Å²) >= 11 is 6.42. The van der Waals surface area contributed by atoms with Gasteiger partial charge in [0.25, 0.3) is 11.8 Å². The van der Waals surface area contributed by atoms with Crippen molar-refractivity contribution in [2.45, 2.75) is 6.61 Å². The van der Waals surface area contributed by atoms with E-state index in [1.807, 2.05) is 35.2 Å². The van der Waals surface area contributed by atoms with Crippen LogP contribution in [0.1, 0.15) is 5.56 Å². The van der Waals surface area contributed by atoms with Crippen molar-refractivity contribution in [1.29, 1.82) is 0 Å². The van der Waals surface area contributed by atoms with Crippen LogP contribution in [0.4, 0.5) is 11.6 Å². The van der Waals surface area contributed by atoms with Gasteiger partial charge in [-0.05, 0) is 18.2 Å². The monoisotopic (exact) mass is 455 g/mol. The van der Waals surface area contributed by atoms with Gasteiger partial charge in [-0.2, -0.15) is 9.97 Å². The minimum atomic E-state index is -0.345. The average Bonchev–Trinajstić information content (AvgIpc) is 2.83. The average molecular weight is 456 g/mol. The number of halogens is 1. The lowest BCUT2D eigenvalue weighted by molar-refractivity contribution is -0.118. The number of carbonyl (C=O) groups excluding carboxylic acids is 1. The van der Waals surface area contributed by atoms with Gasteiger partial charge in [0.2, 0.25) is 11.7 Å². The van der Waals surface area contributed by atoms with Crippen LogP contribution >= 0.6 is 11.6 Å². The van der Waals surface area contributed by atoms with Crippen molar-refractivity contribution in [1.82, 2.24) is 15.0 Å². The molecule has 4 rings (SSSR count). The van der Waals surface area contributed by atoms with Gasteiger partial charge in [-0.15, -0.1) is 0 Å². The summed E-state index contributed by atoms with van der Waals surface area (Å²) in [6, 6.07) is 12.8. The molecule has 2 aromatic heterocycles. The number of para-hydroxylation sites is 1. The SMILES string of the molecule is O=C(COc1c(Cl)nc(N2CCOCC2)nc1OCc1cccnc1)Nc1ccccc1. The zero-order valence-corrected chi connectivity index (χ0v) is 18.0. The van der Waals surface area contributed by atoms with Gasteiger partial charge in [0.05, 0.1) is 13.2 Å². The second-order valence-corrected chi connectivity index (χ2v) is 7.26. The molecule has 0 spiro atoms. The molecular weight excluding hydrogens is 434 g/mol. The molecule has 1 fully saturated rings. The van der Waals surface area contributed by atoms with Gasteiger partial charge in [0.1, 0.15) is 6.61 Å². The number of hydrogen-bond donors (Lipinski definition) is 1. The zero-order valence-electron chi connectivity index (χ0n) is 17.2. The van der Waals surface area contributed by atoms with E-state index in [-0.39, 0.29) is 35.9 Å². The molecule has 1 amide bonds. The molecule has 0 unspecified atom stereocenters. The minimum Gasteiger partial charge on any atom is -0.476 e. The van der Waals surface area contributed by atoms with Crippen molar-refractivity contribution >= 4 is 29.1 Å². The van der Waals surface area contributed by atoms with Gasteiger partial charge >= 0.3 is 0 Å². The number of amides is 1. The summed E-state index contributed by atoms with van der Waals surface area (Å²) in [6.45, 7) is 2.35. The zero-order chi connectivity index (χ0) is 22.2. The molecule has 1 saturated heterocycles. The lowest BCUT2D eigenvalue weighted by Crippen LogP contribution is -2.37. The quantitative estimate of drug-likeness (QED) is 0.517. The molecule has 9 nitrogen and oxygen atoms in total. The summed E-state index contributed by atoms with van der Waals surface area (Å²) in [5.74, 6) is 0.335. The Labute approximate surface area is 190 Å². The van der Waals surface area contributed by atoms with E-state index in [9.17, 15) is 4.79 Å². The number of carbonyl (C=O) groups is 1. The number of nitrogens with one attached hydrogen (secondary N) is 1. The van der Waals surface area contributed by atoms with Crippen molar-refractivity contribution in [2.75, 3.05) is 43.1 Å². The first-order valence-corrected chi connectivity index (χ1v) is 10.5. The molecular formula is C22H22ClN5O4. The van der Waals surface area contributed by atoms with E-state index in [4.69, 9.17) is 25.8 Å². The molecule has 10 heteroatoms. The smallest absolute Gasteiger partial charge is 0.264 e. The molecule has 1 aliphatic heterocycles. The second kappa shape index (κ2) is 10.7. The summed E-state index contributed by atoms with van der Waals surface area (Å²) in [5, 5.41) is 2.82. The van der Waals surface area contributed by atoms with Gasteiger partial charge in [-0.1, -0.05) is 35.9 Å². The van der Waals surface area contributed by atoms with Crippen LogP contribution in [-0.2, 0) is 16.1 Å². The lowest BCUT2D eigenvalue weighted by atomic mass is 10.3. The van der Waals surface area contributed by atoms with E-state index < -0.39 is 0 Å². The number of anilines is 2. The highest BCUT2D eigenvalue weighted by Crippen LogP contribution is 2.34. The fourth-order valence-corrected chi connectivity index (χ4v) is 3.22. The minimum absolute atomic E-state index is 0.0650. The van der Waals surface area contributed by atoms with Crippen LogP contribution in [0, 0.1) is 0 Å². The Balaban J connectivity index is 1.51. The Morgan fingerprint density at radius 1 is 1.09 bits per heavy atom. The molecule has 1 N–H and O–H groups in total. The molecule has 0 radical (unpaired) electrons. The van der Waals surface area contributed by atoms with Gasteiger partial charge in [-0.25, -0.2) is 0 Å². The van der Waals surface area contributed by atoms with Crippen molar-refractivity contribution in [3.05, 3.63) is 65.6 Å². The van der Waals surface area contributed by atoms with E-state index in [0.717, 1.165) is 5.56 Å². The van der Waals surface area contributed by atoms with Gasteiger partial charge in [0, 0.05) is 36.7 Å². The van der Waals surface area contributed by atoms with Crippen LogP contribution in [0.3, 0.4) is 0 Å². The van der Waals surface area contributed by atoms with Crippen LogP contribution < -0.4 is 19.7 Å². The molecule has 0 aliphatic carbocycles. The van der Waals surface area contributed by atoms with Gasteiger partial charge in [-0.3, -0.25) is 9.78 Å². The number of benzene rings is 1.